The summed E-state index contributed by atoms with van der Waals surface area (Å²) in [7, 11) is 0. The zero-order chi connectivity index (χ0) is 13.9. The number of hydrogen-bond acceptors (Lipinski definition) is 5. The fourth-order valence-electron chi connectivity index (χ4n) is 2.39. The van der Waals surface area contributed by atoms with Crippen LogP contribution in [0.3, 0.4) is 0 Å². The number of hydrogen-bond donors (Lipinski definition) is 2. The SMILES string of the molecule is CSC1(C(N)=NO)CCN(Cc2ccc(Br)s2)CC1. The number of thioether (sulfide) groups is 1. The van der Waals surface area contributed by atoms with Crippen LogP contribution in [-0.2, 0) is 6.54 Å². The molecule has 1 aromatic heterocycles. The van der Waals surface area contributed by atoms with Crippen LogP contribution in [0.25, 0.3) is 0 Å². The van der Waals surface area contributed by atoms with Gasteiger partial charge in [-0.05, 0) is 47.2 Å². The molecule has 4 nitrogen and oxygen atoms in total. The quantitative estimate of drug-likeness (QED) is 0.373. The van der Waals surface area contributed by atoms with Gasteiger partial charge in [0, 0.05) is 24.5 Å². The second-order valence-corrected chi connectivity index (χ2v) is 8.40. The number of likely N-dealkylation sites (tertiary alicyclic amines) is 1. The van der Waals surface area contributed by atoms with Gasteiger partial charge in [-0.1, -0.05) is 5.16 Å². The average molecular weight is 364 g/mol. The number of halogens is 1. The van der Waals surface area contributed by atoms with Gasteiger partial charge in [0.15, 0.2) is 5.84 Å². The normalized spacial score (nSPS) is 20.6. The molecule has 0 radical (unpaired) electrons. The molecule has 7 heteroatoms. The highest BCUT2D eigenvalue weighted by molar-refractivity contribution is 9.11. The summed E-state index contributed by atoms with van der Waals surface area (Å²) in [5.41, 5.74) is 5.85. The molecule has 0 aromatic carbocycles. The highest BCUT2D eigenvalue weighted by Crippen LogP contribution is 2.35. The standard InChI is InChI=1S/C12H18BrN3OS2/c1-18-12(11(14)15-17)4-6-16(7-5-12)8-9-2-3-10(13)19-9/h2-3,17H,4-8H2,1H3,(H2,14,15). The van der Waals surface area contributed by atoms with E-state index in [1.165, 1.54) is 8.66 Å². The number of piperidine rings is 1. The number of amidine groups is 1. The van der Waals surface area contributed by atoms with Gasteiger partial charge in [-0.25, -0.2) is 0 Å². The molecular weight excluding hydrogens is 346 g/mol. The minimum atomic E-state index is -0.193. The summed E-state index contributed by atoms with van der Waals surface area (Å²) in [6.45, 7) is 2.94. The van der Waals surface area contributed by atoms with E-state index in [4.69, 9.17) is 10.9 Å². The molecule has 0 saturated carbocycles. The minimum Gasteiger partial charge on any atom is -0.409 e. The summed E-state index contributed by atoms with van der Waals surface area (Å²) < 4.78 is 0.982. The molecule has 1 fully saturated rings. The van der Waals surface area contributed by atoms with E-state index in [1.54, 1.807) is 23.1 Å². The maximum Gasteiger partial charge on any atom is 0.155 e. The first-order valence-corrected chi connectivity index (χ1v) is 8.93. The van der Waals surface area contributed by atoms with Crippen LogP contribution in [0.15, 0.2) is 21.1 Å². The Morgan fingerprint density at radius 3 is 2.74 bits per heavy atom. The van der Waals surface area contributed by atoms with E-state index in [-0.39, 0.29) is 4.75 Å². The van der Waals surface area contributed by atoms with Crippen LogP contribution in [0.5, 0.6) is 0 Å². The smallest absolute Gasteiger partial charge is 0.155 e. The van der Waals surface area contributed by atoms with Crippen molar-refractivity contribution in [2.75, 3.05) is 19.3 Å². The summed E-state index contributed by atoms with van der Waals surface area (Å²) in [6, 6.07) is 4.25. The molecule has 2 heterocycles. The third kappa shape index (κ3) is 3.45. The molecule has 0 aliphatic carbocycles. The maximum absolute atomic E-state index is 8.92. The van der Waals surface area contributed by atoms with Crippen LogP contribution >= 0.6 is 39.0 Å². The summed E-state index contributed by atoms with van der Waals surface area (Å²) in [4.78, 5) is 3.80. The van der Waals surface area contributed by atoms with Crippen LogP contribution in [0.1, 0.15) is 17.7 Å². The topological polar surface area (TPSA) is 61.9 Å². The highest BCUT2D eigenvalue weighted by Gasteiger charge is 2.38. The van der Waals surface area contributed by atoms with E-state index in [0.29, 0.717) is 5.84 Å². The van der Waals surface area contributed by atoms with Crippen LogP contribution in [-0.4, -0.2) is 40.0 Å². The Labute approximate surface area is 130 Å². The minimum absolute atomic E-state index is 0.193. The van der Waals surface area contributed by atoms with Crippen LogP contribution in [0.4, 0.5) is 0 Å². The molecule has 1 saturated heterocycles. The Balaban J connectivity index is 1.95. The fourth-order valence-corrected chi connectivity index (χ4v) is 4.75. The van der Waals surface area contributed by atoms with Crippen molar-refractivity contribution in [3.05, 3.63) is 20.8 Å². The Bertz CT molecular complexity index is 456. The van der Waals surface area contributed by atoms with Crippen molar-refractivity contribution in [1.29, 1.82) is 0 Å². The van der Waals surface area contributed by atoms with Crippen LogP contribution in [0.2, 0.25) is 0 Å². The zero-order valence-electron chi connectivity index (χ0n) is 10.8. The van der Waals surface area contributed by atoms with Gasteiger partial charge in [-0.15, -0.1) is 11.3 Å². The van der Waals surface area contributed by atoms with Gasteiger partial charge < -0.3 is 10.9 Å². The predicted octanol–water partition coefficient (Wildman–Crippen LogP) is 2.95. The third-order valence-corrected chi connectivity index (χ3v) is 6.64. The van der Waals surface area contributed by atoms with Crippen molar-refractivity contribution in [3.63, 3.8) is 0 Å². The third-order valence-electron chi connectivity index (χ3n) is 3.64. The Kier molecular flexibility index (Phi) is 5.16. The highest BCUT2D eigenvalue weighted by atomic mass is 79.9. The fraction of sp³-hybridized carbons (Fsp3) is 0.583. The summed E-state index contributed by atoms with van der Waals surface area (Å²) in [5, 5.41) is 12.1. The first-order valence-electron chi connectivity index (χ1n) is 6.09. The van der Waals surface area contributed by atoms with Gasteiger partial charge in [0.05, 0.1) is 8.53 Å². The van der Waals surface area contributed by atoms with Gasteiger partial charge in [0.25, 0.3) is 0 Å². The van der Waals surface area contributed by atoms with Crippen molar-refractivity contribution in [2.45, 2.75) is 24.1 Å². The van der Waals surface area contributed by atoms with E-state index in [0.717, 1.165) is 32.5 Å². The lowest BCUT2D eigenvalue weighted by atomic mass is 9.94. The molecule has 0 atom stereocenters. The van der Waals surface area contributed by atoms with Gasteiger partial charge in [0.1, 0.15) is 0 Å². The van der Waals surface area contributed by atoms with Crippen molar-refractivity contribution in [2.24, 2.45) is 10.9 Å². The number of nitrogens with zero attached hydrogens (tertiary/aromatic N) is 2. The van der Waals surface area contributed by atoms with Gasteiger partial charge >= 0.3 is 0 Å². The van der Waals surface area contributed by atoms with Crippen molar-refractivity contribution in [1.82, 2.24) is 4.90 Å². The van der Waals surface area contributed by atoms with Gasteiger partial charge in [-0.3, -0.25) is 4.90 Å². The average Bonchev–Trinajstić information content (AvgIpc) is 2.84. The molecule has 19 heavy (non-hydrogen) atoms. The Hall–Kier alpha value is -0.240. The predicted molar refractivity (Wildman–Crippen MR) is 86.2 cm³/mol. The molecule has 1 aliphatic heterocycles. The second kappa shape index (κ2) is 6.47. The molecule has 0 amide bonds. The Morgan fingerprint density at radius 2 is 2.26 bits per heavy atom. The lowest BCUT2D eigenvalue weighted by Crippen LogP contribution is -2.49. The monoisotopic (exact) mass is 363 g/mol. The molecule has 0 bridgehead atoms. The van der Waals surface area contributed by atoms with Gasteiger partial charge in [0.2, 0.25) is 0 Å². The molecule has 1 aliphatic rings. The number of thiophene rings is 1. The first kappa shape index (κ1) is 15.2. The molecule has 2 rings (SSSR count). The maximum atomic E-state index is 8.92. The molecular formula is C12H18BrN3OS2. The van der Waals surface area contributed by atoms with Crippen LogP contribution in [0, 0.1) is 0 Å². The lowest BCUT2D eigenvalue weighted by Gasteiger charge is -2.39. The van der Waals surface area contributed by atoms with Gasteiger partial charge in [-0.2, -0.15) is 11.8 Å². The first-order chi connectivity index (χ1) is 9.09. The molecule has 3 N–H and O–H groups in total. The number of nitrogens with two attached hydrogens (primary N) is 1. The largest absolute Gasteiger partial charge is 0.409 e. The van der Waals surface area contributed by atoms with Crippen molar-refractivity contribution in [3.8, 4) is 0 Å². The van der Waals surface area contributed by atoms with Crippen molar-refractivity contribution < 1.29 is 5.21 Å². The second-order valence-electron chi connectivity index (χ2n) is 4.67. The summed E-state index contributed by atoms with van der Waals surface area (Å²) >= 11 is 6.96. The number of rotatable bonds is 4. The van der Waals surface area contributed by atoms with E-state index >= 15 is 0 Å². The van der Waals surface area contributed by atoms with E-state index in [1.807, 2.05) is 6.26 Å². The summed E-state index contributed by atoms with van der Waals surface area (Å²) in [6.07, 6.45) is 3.89. The van der Waals surface area contributed by atoms with Crippen molar-refractivity contribution >= 4 is 44.9 Å². The van der Waals surface area contributed by atoms with E-state index in [2.05, 4.69) is 38.1 Å². The number of oxime groups is 1. The van der Waals surface area contributed by atoms with E-state index in [9.17, 15) is 0 Å². The lowest BCUT2D eigenvalue weighted by molar-refractivity contribution is 0.211. The molecule has 0 unspecified atom stereocenters. The van der Waals surface area contributed by atoms with E-state index < -0.39 is 0 Å². The van der Waals surface area contributed by atoms with Crippen LogP contribution < -0.4 is 5.73 Å². The molecule has 0 spiro atoms. The Morgan fingerprint density at radius 1 is 1.58 bits per heavy atom. The summed E-state index contributed by atoms with van der Waals surface area (Å²) in [5.74, 6) is 0.360. The molecule has 1 aromatic rings. The zero-order valence-corrected chi connectivity index (χ0v) is 14.0. The molecule has 106 valence electrons.